The van der Waals surface area contributed by atoms with E-state index in [0.717, 1.165) is 34.7 Å². The molecule has 1 unspecified atom stereocenters. The molecule has 1 aliphatic heterocycles. The van der Waals surface area contributed by atoms with Crippen LogP contribution in [-0.2, 0) is 11.2 Å². The van der Waals surface area contributed by atoms with Gasteiger partial charge in [0.25, 0.3) is 5.91 Å². The van der Waals surface area contributed by atoms with Gasteiger partial charge in [0, 0.05) is 24.4 Å². The monoisotopic (exact) mass is 481 g/mol. The van der Waals surface area contributed by atoms with E-state index in [1.165, 1.54) is 23.5 Å². The Balaban J connectivity index is 1.29. The number of thiazole rings is 1. The minimum absolute atomic E-state index is 0.0517. The number of halogens is 1. The van der Waals surface area contributed by atoms with Crippen LogP contribution in [0.3, 0.4) is 0 Å². The summed E-state index contributed by atoms with van der Waals surface area (Å²) in [6, 6.07) is 13.5. The number of carbonyl (C=O) groups is 2. The molecule has 3 aromatic rings. The molecule has 1 N–H and O–H groups in total. The number of hydrogen-bond donors (Lipinski definition) is 1. The highest BCUT2D eigenvalue weighted by Gasteiger charge is 2.26. The van der Waals surface area contributed by atoms with Crippen LogP contribution < -0.4 is 10.1 Å². The summed E-state index contributed by atoms with van der Waals surface area (Å²) in [5, 5.41) is 5.74. The number of nitrogens with zero attached hydrogens (tertiary/aromatic N) is 2. The summed E-state index contributed by atoms with van der Waals surface area (Å²) in [6.45, 7) is 3.23. The topological polar surface area (TPSA) is 71.5 Å². The van der Waals surface area contributed by atoms with Gasteiger partial charge in [-0.3, -0.25) is 9.59 Å². The first-order chi connectivity index (χ1) is 16.4. The number of aromatic nitrogens is 1. The smallest absolute Gasteiger partial charge is 0.271 e. The van der Waals surface area contributed by atoms with Crippen molar-refractivity contribution in [2.24, 2.45) is 0 Å². The molecule has 0 radical (unpaired) electrons. The van der Waals surface area contributed by atoms with Gasteiger partial charge in [0.05, 0.1) is 24.6 Å². The van der Waals surface area contributed by atoms with Crippen LogP contribution in [-0.4, -0.2) is 41.9 Å². The Morgan fingerprint density at radius 2 is 1.94 bits per heavy atom. The number of piperidine rings is 1. The lowest BCUT2D eigenvalue weighted by Crippen LogP contribution is -2.38. The third-order valence-corrected chi connectivity index (χ3v) is 7.17. The zero-order chi connectivity index (χ0) is 24.1. The Morgan fingerprint density at radius 3 is 2.65 bits per heavy atom. The molecule has 2 amide bonds. The summed E-state index contributed by atoms with van der Waals surface area (Å²) in [6.07, 6.45) is 1.89. The number of carbonyl (C=O) groups excluding carboxylic acids is 2. The SMILES string of the molecule is COc1cccc(C(C)NC(=O)c2csc(C3CCN(C(=O)Cc4ccc(F)cc4)CC3)n2)c1. The van der Waals surface area contributed by atoms with Crippen molar-refractivity contribution >= 4 is 23.2 Å². The molecule has 0 spiro atoms. The Hall–Kier alpha value is -3.26. The van der Waals surface area contributed by atoms with Crippen LogP contribution in [0.1, 0.15) is 58.3 Å². The average molecular weight is 482 g/mol. The van der Waals surface area contributed by atoms with Crippen molar-refractivity contribution in [3.8, 4) is 5.75 Å². The fraction of sp³-hybridized carbons (Fsp3) is 0.346. The molecular formula is C26H28FN3O3S. The van der Waals surface area contributed by atoms with Gasteiger partial charge in [-0.2, -0.15) is 0 Å². The second-order valence-electron chi connectivity index (χ2n) is 8.50. The van der Waals surface area contributed by atoms with Gasteiger partial charge >= 0.3 is 0 Å². The van der Waals surface area contributed by atoms with Crippen molar-refractivity contribution in [3.63, 3.8) is 0 Å². The highest BCUT2D eigenvalue weighted by Crippen LogP contribution is 2.31. The number of hydrogen-bond acceptors (Lipinski definition) is 5. The molecule has 0 bridgehead atoms. The molecule has 178 valence electrons. The Kier molecular flexibility index (Phi) is 7.57. The lowest BCUT2D eigenvalue weighted by atomic mass is 9.97. The quantitative estimate of drug-likeness (QED) is 0.530. The number of benzene rings is 2. The molecule has 1 aliphatic rings. The zero-order valence-corrected chi connectivity index (χ0v) is 20.1. The maximum atomic E-state index is 13.1. The van der Waals surface area contributed by atoms with E-state index in [1.54, 1.807) is 24.6 Å². The predicted molar refractivity (Wildman–Crippen MR) is 130 cm³/mol. The Bertz CT molecular complexity index is 1140. The first-order valence-electron chi connectivity index (χ1n) is 11.4. The summed E-state index contributed by atoms with van der Waals surface area (Å²) < 4.78 is 18.3. The van der Waals surface area contributed by atoms with Gasteiger partial charge in [-0.25, -0.2) is 9.37 Å². The molecule has 4 rings (SSSR count). The molecule has 0 saturated carbocycles. The molecule has 1 aromatic heterocycles. The standard InChI is InChI=1S/C26H28FN3O3S/c1-17(20-4-3-5-22(15-20)33-2)28-25(32)23-16-34-26(29-23)19-10-12-30(13-11-19)24(31)14-18-6-8-21(27)9-7-18/h3-9,15-17,19H,10-14H2,1-2H3,(H,28,32). The molecule has 1 atom stereocenters. The van der Waals surface area contributed by atoms with Crippen LogP contribution in [0.5, 0.6) is 5.75 Å². The van der Waals surface area contributed by atoms with Crippen molar-refractivity contribution in [1.82, 2.24) is 15.2 Å². The number of rotatable bonds is 7. The minimum atomic E-state index is -0.303. The normalized spacial score (nSPS) is 15.1. The lowest BCUT2D eigenvalue weighted by Gasteiger charge is -2.31. The minimum Gasteiger partial charge on any atom is -0.497 e. The van der Waals surface area contributed by atoms with E-state index < -0.39 is 0 Å². The van der Waals surface area contributed by atoms with E-state index in [1.807, 2.05) is 36.1 Å². The van der Waals surface area contributed by atoms with E-state index in [2.05, 4.69) is 10.3 Å². The fourth-order valence-electron chi connectivity index (χ4n) is 4.11. The summed E-state index contributed by atoms with van der Waals surface area (Å²) in [5.41, 5.74) is 2.19. The molecule has 1 fully saturated rings. The highest BCUT2D eigenvalue weighted by molar-refractivity contribution is 7.09. The van der Waals surface area contributed by atoms with Crippen molar-refractivity contribution in [2.45, 2.75) is 38.1 Å². The summed E-state index contributed by atoms with van der Waals surface area (Å²) in [5.74, 6) is 0.526. The van der Waals surface area contributed by atoms with Crippen LogP contribution in [0.15, 0.2) is 53.9 Å². The first kappa shape index (κ1) is 23.9. The number of ether oxygens (including phenoxy) is 1. The van der Waals surface area contributed by atoms with Crippen molar-refractivity contribution in [2.75, 3.05) is 20.2 Å². The van der Waals surface area contributed by atoms with E-state index in [4.69, 9.17) is 4.74 Å². The molecule has 0 aliphatic carbocycles. The predicted octanol–water partition coefficient (Wildman–Crippen LogP) is 4.73. The zero-order valence-electron chi connectivity index (χ0n) is 19.3. The van der Waals surface area contributed by atoms with Crippen LogP contribution in [0.25, 0.3) is 0 Å². The van der Waals surface area contributed by atoms with E-state index in [-0.39, 0.29) is 36.0 Å². The van der Waals surface area contributed by atoms with Gasteiger partial charge in [0.15, 0.2) is 0 Å². The molecule has 2 heterocycles. The van der Waals surface area contributed by atoms with Gasteiger partial charge < -0.3 is 15.0 Å². The van der Waals surface area contributed by atoms with Gasteiger partial charge in [0.2, 0.25) is 5.91 Å². The number of likely N-dealkylation sites (tertiary alicyclic amines) is 1. The second kappa shape index (κ2) is 10.8. The highest BCUT2D eigenvalue weighted by atomic mass is 32.1. The number of methoxy groups -OCH3 is 1. The third-order valence-electron chi connectivity index (χ3n) is 6.16. The van der Waals surface area contributed by atoms with Crippen molar-refractivity contribution in [1.29, 1.82) is 0 Å². The first-order valence-corrected chi connectivity index (χ1v) is 12.2. The van der Waals surface area contributed by atoms with Crippen molar-refractivity contribution in [3.05, 3.63) is 81.6 Å². The fourth-order valence-corrected chi connectivity index (χ4v) is 5.08. The maximum absolute atomic E-state index is 13.1. The van der Waals surface area contributed by atoms with Crippen LogP contribution in [0.4, 0.5) is 4.39 Å². The van der Waals surface area contributed by atoms with Crippen LogP contribution in [0, 0.1) is 5.82 Å². The van der Waals surface area contributed by atoms with Crippen LogP contribution in [0.2, 0.25) is 0 Å². The molecular weight excluding hydrogens is 453 g/mol. The van der Waals surface area contributed by atoms with Crippen molar-refractivity contribution < 1.29 is 18.7 Å². The largest absolute Gasteiger partial charge is 0.497 e. The second-order valence-corrected chi connectivity index (χ2v) is 9.39. The van der Waals surface area contributed by atoms with E-state index >= 15 is 0 Å². The van der Waals surface area contributed by atoms with E-state index in [9.17, 15) is 14.0 Å². The summed E-state index contributed by atoms with van der Waals surface area (Å²) >= 11 is 1.50. The maximum Gasteiger partial charge on any atom is 0.271 e. The van der Waals surface area contributed by atoms with E-state index in [0.29, 0.717) is 18.8 Å². The van der Waals surface area contributed by atoms with Gasteiger partial charge in [0.1, 0.15) is 17.3 Å². The Morgan fingerprint density at radius 1 is 1.21 bits per heavy atom. The van der Waals surface area contributed by atoms with Gasteiger partial charge in [-0.1, -0.05) is 24.3 Å². The average Bonchev–Trinajstić information content (AvgIpc) is 3.36. The molecule has 2 aromatic carbocycles. The summed E-state index contributed by atoms with van der Waals surface area (Å²) in [4.78, 5) is 31.8. The molecule has 34 heavy (non-hydrogen) atoms. The Labute approximate surface area is 202 Å². The van der Waals surface area contributed by atoms with Gasteiger partial charge in [-0.15, -0.1) is 11.3 Å². The lowest BCUT2D eigenvalue weighted by molar-refractivity contribution is -0.131. The third kappa shape index (κ3) is 5.80. The number of nitrogens with one attached hydrogen (secondary N) is 1. The number of amides is 2. The molecule has 8 heteroatoms. The molecule has 6 nitrogen and oxygen atoms in total. The van der Waals surface area contributed by atoms with Gasteiger partial charge in [-0.05, 0) is 55.2 Å². The summed E-state index contributed by atoms with van der Waals surface area (Å²) in [7, 11) is 1.62. The van der Waals surface area contributed by atoms with Crippen LogP contribution >= 0.6 is 11.3 Å². The molecule has 1 saturated heterocycles.